The summed E-state index contributed by atoms with van der Waals surface area (Å²) in [7, 11) is 0. The summed E-state index contributed by atoms with van der Waals surface area (Å²) in [4.78, 5) is 12.1. The lowest BCUT2D eigenvalue weighted by atomic mass is 9.96. The van der Waals surface area contributed by atoms with Gasteiger partial charge in [0, 0.05) is 19.8 Å². The molecule has 1 N–H and O–H groups in total. The molecule has 0 aromatic heterocycles. The quantitative estimate of drug-likeness (QED) is 0.719. The first-order chi connectivity index (χ1) is 8.79. The van der Waals surface area contributed by atoms with E-state index in [-0.39, 0.29) is 11.8 Å². The maximum Gasteiger partial charge on any atom is 0.227 e. The topological polar surface area (TPSA) is 38.3 Å². The minimum atomic E-state index is -0.0432. The molecule has 0 spiro atoms. The maximum absolute atomic E-state index is 12.1. The number of hydrogen-bond donors (Lipinski definition) is 1. The first-order valence-electron chi connectivity index (χ1n) is 6.70. The highest BCUT2D eigenvalue weighted by Gasteiger charge is 2.17. The van der Waals surface area contributed by atoms with Gasteiger partial charge in [-0.2, -0.15) is 0 Å². The van der Waals surface area contributed by atoms with Crippen molar-refractivity contribution in [1.82, 2.24) is 5.32 Å². The van der Waals surface area contributed by atoms with E-state index in [1.54, 1.807) is 0 Å². The molecule has 1 atom stereocenters. The van der Waals surface area contributed by atoms with Gasteiger partial charge in [0.05, 0.1) is 5.92 Å². The van der Waals surface area contributed by atoms with E-state index >= 15 is 0 Å². The Bertz CT molecular complexity index is 338. The van der Waals surface area contributed by atoms with E-state index in [0.717, 1.165) is 25.0 Å². The molecule has 1 rings (SSSR count). The van der Waals surface area contributed by atoms with Crippen LogP contribution in [0.25, 0.3) is 0 Å². The van der Waals surface area contributed by atoms with Crippen molar-refractivity contribution in [2.75, 3.05) is 19.8 Å². The molecule has 1 amide bonds. The number of nitrogens with one attached hydrogen (secondary N) is 1. The fourth-order valence-corrected chi connectivity index (χ4v) is 1.91. The van der Waals surface area contributed by atoms with Crippen LogP contribution in [0.1, 0.15) is 38.2 Å². The predicted molar refractivity (Wildman–Crippen MR) is 73.6 cm³/mol. The number of ether oxygens (including phenoxy) is 1. The first kappa shape index (κ1) is 14.7. The van der Waals surface area contributed by atoms with Crippen molar-refractivity contribution in [3.63, 3.8) is 0 Å². The number of amides is 1. The van der Waals surface area contributed by atoms with Crippen LogP contribution in [0.3, 0.4) is 0 Å². The van der Waals surface area contributed by atoms with Gasteiger partial charge < -0.3 is 10.1 Å². The van der Waals surface area contributed by atoms with Crippen LogP contribution in [0.4, 0.5) is 0 Å². The first-order valence-corrected chi connectivity index (χ1v) is 6.70. The van der Waals surface area contributed by atoms with Crippen LogP contribution >= 0.6 is 0 Å². The Morgan fingerprint density at radius 3 is 2.61 bits per heavy atom. The number of rotatable bonds is 8. The third-order valence-electron chi connectivity index (χ3n) is 2.90. The van der Waals surface area contributed by atoms with E-state index in [0.29, 0.717) is 13.2 Å². The predicted octanol–water partition coefficient (Wildman–Crippen LogP) is 2.72. The summed E-state index contributed by atoms with van der Waals surface area (Å²) in [6, 6.07) is 9.93. The second-order valence-electron chi connectivity index (χ2n) is 4.21. The minimum Gasteiger partial charge on any atom is -0.382 e. The lowest BCUT2D eigenvalue weighted by molar-refractivity contribution is -0.122. The summed E-state index contributed by atoms with van der Waals surface area (Å²) < 4.78 is 5.24. The number of hydrogen-bond acceptors (Lipinski definition) is 2. The molecule has 18 heavy (non-hydrogen) atoms. The Morgan fingerprint density at radius 2 is 2.00 bits per heavy atom. The van der Waals surface area contributed by atoms with Gasteiger partial charge in [-0.1, -0.05) is 37.3 Å². The van der Waals surface area contributed by atoms with Crippen molar-refractivity contribution in [3.05, 3.63) is 35.9 Å². The molecule has 0 unspecified atom stereocenters. The molecular formula is C15H23NO2. The van der Waals surface area contributed by atoms with Crippen LogP contribution in [0.15, 0.2) is 30.3 Å². The molecule has 1 aromatic carbocycles. The van der Waals surface area contributed by atoms with E-state index in [2.05, 4.69) is 5.32 Å². The normalized spacial score (nSPS) is 12.1. The van der Waals surface area contributed by atoms with Crippen molar-refractivity contribution in [2.24, 2.45) is 0 Å². The Labute approximate surface area is 110 Å². The molecule has 0 aliphatic rings. The molecular weight excluding hydrogens is 226 g/mol. The second-order valence-corrected chi connectivity index (χ2v) is 4.21. The Morgan fingerprint density at radius 1 is 1.28 bits per heavy atom. The second kappa shape index (κ2) is 8.70. The zero-order valence-electron chi connectivity index (χ0n) is 11.3. The summed E-state index contributed by atoms with van der Waals surface area (Å²) in [5.74, 6) is 0.0680. The van der Waals surface area contributed by atoms with Crippen LogP contribution < -0.4 is 5.32 Å². The molecule has 0 aliphatic carbocycles. The molecule has 0 bridgehead atoms. The van der Waals surface area contributed by atoms with Crippen LogP contribution in [0.2, 0.25) is 0 Å². The standard InChI is InChI=1S/C15H23NO2/c1-3-14(13-9-6-5-7-10-13)15(17)16-11-8-12-18-4-2/h5-7,9-10,14H,3-4,8,11-12H2,1-2H3,(H,16,17)/t14-/m0/s1. The van der Waals surface area contributed by atoms with E-state index in [9.17, 15) is 4.79 Å². The zero-order chi connectivity index (χ0) is 13.2. The molecule has 0 saturated heterocycles. The van der Waals surface area contributed by atoms with E-state index in [1.165, 1.54) is 0 Å². The molecule has 0 saturated carbocycles. The Kier molecular flexibility index (Phi) is 7.11. The smallest absolute Gasteiger partial charge is 0.227 e. The highest BCUT2D eigenvalue weighted by molar-refractivity contribution is 5.83. The average molecular weight is 249 g/mol. The molecule has 100 valence electrons. The van der Waals surface area contributed by atoms with Gasteiger partial charge in [-0.05, 0) is 25.3 Å². The van der Waals surface area contributed by atoms with Crippen molar-refractivity contribution in [1.29, 1.82) is 0 Å². The third-order valence-corrected chi connectivity index (χ3v) is 2.90. The molecule has 3 heteroatoms. The number of carbonyl (C=O) groups excluding carboxylic acids is 1. The minimum absolute atomic E-state index is 0.0432. The van der Waals surface area contributed by atoms with Crippen molar-refractivity contribution in [3.8, 4) is 0 Å². The Balaban J connectivity index is 2.39. The van der Waals surface area contributed by atoms with Crippen molar-refractivity contribution < 1.29 is 9.53 Å². The fourth-order valence-electron chi connectivity index (χ4n) is 1.91. The van der Waals surface area contributed by atoms with Crippen molar-refractivity contribution in [2.45, 2.75) is 32.6 Å². The molecule has 0 aliphatic heterocycles. The largest absolute Gasteiger partial charge is 0.382 e. The molecule has 0 fully saturated rings. The van der Waals surface area contributed by atoms with Gasteiger partial charge in [0.2, 0.25) is 5.91 Å². The lowest BCUT2D eigenvalue weighted by Gasteiger charge is -2.15. The van der Waals surface area contributed by atoms with Crippen LogP contribution in [-0.2, 0) is 9.53 Å². The maximum atomic E-state index is 12.1. The van der Waals surface area contributed by atoms with Crippen molar-refractivity contribution >= 4 is 5.91 Å². The van der Waals surface area contributed by atoms with Gasteiger partial charge in [0.25, 0.3) is 0 Å². The summed E-state index contributed by atoms with van der Waals surface area (Å²) in [5.41, 5.74) is 1.09. The average Bonchev–Trinajstić information content (AvgIpc) is 2.40. The van der Waals surface area contributed by atoms with E-state index in [1.807, 2.05) is 44.2 Å². The SMILES string of the molecule is CCOCCCNC(=O)[C@@H](CC)c1ccccc1. The van der Waals surface area contributed by atoms with Crippen LogP contribution in [0, 0.1) is 0 Å². The third kappa shape index (κ3) is 4.88. The molecule has 3 nitrogen and oxygen atoms in total. The molecule has 1 aromatic rings. The van der Waals surface area contributed by atoms with Gasteiger partial charge in [-0.25, -0.2) is 0 Å². The van der Waals surface area contributed by atoms with Gasteiger partial charge in [0.15, 0.2) is 0 Å². The van der Waals surface area contributed by atoms with Gasteiger partial charge in [-0.15, -0.1) is 0 Å². The zero-order valence-corrected chi connectivity index (χ0v) is 11.3. The lowest BCUT2D eigenvalue weighted by Crippen LogP contribution is -2.30. The van der Waals surface area contributed by atoms with Gasteiger partial charge in [0.1, 0.15) is 0 Å². The van der Waals surface area contributed by atoms with E-state index in [4.69, 9.17) is 4.74 Å². The monoisotopic (exact) mass is 249 g/mol. The number of benzene rings is 1. The highest BCUT2D eigenvalue weighted by atomic mass is 16.5. The Hall–Kier alpha value is -1.35. The van der Waals surface area contributed by atoms with Crippen LogP contribution in [-0.4, -0.2) is 25.7 Å². The van der Waals surface area contributed by atoms with Gasteiger partial charge in [-0.3, -0.25) is 4.79 Å². The summed E-state index contributed by atoms with van der Waals surface area (Å²) in [5, 5.41) is 2.97. The summed E-state index contributed by atoms with van der Waals surface area (Å²) >= 11 is 0. The number of carbonyl (C=O) groups is 1. The van der Waals surface area contributed by atoms with Gasteiger partial charge >= 0.3 is 0 Å². The summed E-state index contributed by atoms with van der Waals surface area (Å²) in [6.45, 7) is 6.13. The van der Waals surface area contributed by atoms with E-state index < -0.39 is 0 Å². The molecule has 0 heterocycles. The van der Waals surface area contributed by atoms with Crippen LogP contribution in [0.5, 0.6) is 0 Å². The fraction of sp³-hybridized carbons (Fsp3) is 0.533. The summed E-state index contributed by atoms with van der Waals surface area (Å²) in [6.07, 6.45) is 1.69. The molecule has 0 radical (unpaired) electrons. The highest BCUT2D eigenvalue weighted by Crippen LogP contribution is 2.18.